The van der Waals surface area contributed by atoms with Gasteiger partial charge >= 0.3 is 0 Å². The zero-order valence-electron chi connectivity index (χ0n) is 11.2. The Morgan fingerprint density at radius 1 is 1.39 bits per heavy atom. The maximum atomic E-state index is 12.3. The number of amides is 1. The van der Waals surface area contributed by atoms with Crippen molar-refractivity contribution < 1.29 is 4.79 Å². The van der Waals surface area contributed by atoms with Gasteiger partial charge in [0, 0.05) is 18.6 Å². The highest BCUT2D eigenvalue weighted by molar-refractivity contribution is 5.79. The van der Waals surface area contributed by atoms with Crippen LogP contribution in [0.25, 0.3) is 0 Å². The topological polar surface area (TPSA) is 46.3 Å². The van der Waals surface area contributed by atoms with E-state index in [-0.39, 0.29) is 18.0 Å². The van der Waals surface area contributed by atoms with E-state index in [0.29, 0.717) is 6.42 Å². The normalized spacial score (nSPS) is 24.1. The van der Waals surface area contributed by atoms with Crippen LogP contribution in [-0.4, -0.2) is 29.4 Å². The van der Waals surface area contributed by atoms with Gasteiger partial charge < -0.3 is 10.6 Å². The second-order valence-electron chi connectivity index (χ2n) is 5.38. The molecule has 1 aromatic rings. The van der Waals surface area contributed by atoms with E-state index in [2.05, 4.69) is 26.0 Å². The van der Waals surface area contributed by atoms with Gasteiger partial charge in [0.25, 0.3) is 0 Å². The molecule has 2 N–H and O–H groups in total. The van der Waals surface area contributed by atoms with Crippen LogP contribution in [0.4, 0.5) is 0 Å². The molecule has 2 rings (SSSR count). The first-order valence-corrected chi connectivity index (χ1v) is 6.67. The van der Waals surface area contributed by atoms with E-state index in [1.807, 2.05) is 17.0 Å². The molecule has 98 valence electrons. The smallest absolute Gasteiger partial charge is 0.227 e. The van der Waals surface area contributed by atoms with E-state index < -0.39 is 0 Å². The SMILES string of the molecule is Cc1ccc(CC(=O)N2CCC(N)CC2C)cc1. The molecule has 0 aromatic heterocycles. The number of aryl methyl sites for hydroxylation is 1. The van der Waals surface area contributed by atoms with Crippen LogP contribution in [0.2, 0.25) is 0 Å². The van der Waals surface area contributed by atoms with Crippen LogP contribution in [0.5, 0.6) is 0 Å². The van der Waals surface area contributed by atoms with E-state index in [1.165, 1.54) is 5.56 Å². The van der Waals surface area contributed by atoms with Crippen LogP contribution in [0.3, 0.4) is 0 Å². The van der Waals surface area contributed by atoms with Gasteiger partial charge in [-0.1, -0.05) is 29.8 Å². The molecule has 1 saturated heterocycles. The molecule has 1 fully saturated rings. The zero-order chi connectivity index (χ0) is 13.1. The molecule has 3 nitrogen and oxygen atoms in total. The van der Waals surface area contributed by atoms with Crippen LogP contribution in [-0.2, 0) is 11.2 Å². The first kappa shape index (κ1) is 13.1. The quantitative estimate of drug-likeness (QED) is 0.866. The minimum atomic E-state index is 0.221. The third-order valence-corrected chi connectivity index (χ3v) is 3.71. The van der Waals surface area contributed by atoms with Crippen molar-refractivity contribution >= 4 is 5.91 Å². The van der Waals surface area contributed by atoms with Gasteiger partial charge in [0.15, 0.2) is 0 Å². The molecule has 1 aromatic carbocycles. The summed E-state index contributed by atoms with van der Waals surface area (Å²) >= 11 is 0. The monoisotopic (exact) mass is 246 g/mol. The Morgan fingerprint density at radius 2 is 2.06 bits per heavy atom. The largest absolute Gasteiger partial charge is 0.340 e. The number of hydrogen-bond donors (Lipinski definition) is 1. The van der Waals surface area contributed by atoms with Gasteiger partial charge in [-0.25, -0.2) is 0 Å². The first-order chi connectivity index (χ1) is 8.56. The Hall–Kier alpha value is -1.35. The molecule has 1 aliphatic heterocycles. The summed E-state index contributed by atoms with van der Waals surface area (Å²) in [7, 11) is 0. The van der Waals surface area contributed by atoms with Crippen molar-refractivity contribution in [3.63, 3.8) is 0 Å². The van der Waals surface area contributed by atoms with Crippen molar-refractivity contribution in [2.75, 3.05) is 6.54 Å². The number of hydrogen-bond acceptors (Lipinski definition) is 2. The average Bonchev–Trinajstić information content (AvgIpc) is 2.32. The van der Waals surface area contributed by atoms with E-state index in [4.69, 9.17) is 5.73 Å². The summed E-state index contributed by atoms with van der Waals surface area (Å²) < 4.78 is 0. The third-order valence-electron chi connectivity index (χ3n) is 3.71. The summed E-state index contributed by atoms with van der Waals surface area (Å²) in [4.78, 5) is 14.2. The number of likely N-dealkylation sites (tertiary alicyclic amines) is 1. The van der Waals surface area contributed by atoms with Gasteiger partial charge in [-0.15, -0.1) is 0 Å². The summed E-state index contributed by atoms with van der Waals surface area (Å²) in [5, 5.41) is 0. The molecule has 0 spiro atoms. The third kappa shape index (κ3) is 3.10. The van der Waals surface area contributed by atoms with Crippen molar-refractivity contribution in [3.8, 4) is 0 Å². The highest BCUT2D eigenvalue weighted by Crippen LogP contribution is 2.17. The molecule has 18 heavy (non-hydrogen) atoms. The fourth-order valence-electron chi connectivity index (χ4n) is 2.56. The lowest BCUT2D eigenvalue weighted by molar-refractivity contribution is -0.133. The highest BCUT2D eigenvalue weighted by atomic mass is 16.2. The zero-order valence-corrected chi connectivity index (χ0v) is 11.2. The second kappa shape index (κ2) is 5.53. The van der Waals surface area contributed by atoms with Gasteiger partial charge in [0.05, 0.1) is 6.42 Å². The average molecular weight is 246 g/mol. The Labute approximate surface area is 109 Å². The van der Waals surface area contributed by atoms with E-state index in [1.54, 1.807) is 0 Å². The van der Waals surface area contributed by atoms with Gasteiger partial charge in [0.2, 0.25) is 5.91 Å². The lowest BCUT2D eigenvalue weighted by Gasteiger charge is -2.36. The van der Waals surface area contributed by atoms with Crippen molar-refractivity contribution in [3.05, 3.63) is 35.4 Å². The molecular weight excluding hydrogens is 224 g/mol. The molecule has 1 aliphatic rings. The number of carbonyl (C=O) groups excluding carboxylic acids is 1. The molecule has 1 heterocycles. The van der Waals surface area contributed by atoms with Crippen LogP contribution >= 0.6 is 0 Å². The summed E-state index contributed by atoms with van der Waals surface area (Å²) in [5.41, 5.74) is 8.23. The van der Waals surface area contributed by atoms with Crippen LogP contribution < -0.4 is 5.73 Å². The summed E-state index contributed by atoms with van der Waals surface area (Å²) in [6, 6.07) is 8.70. The van der Waals surface area contributed by atoms with Gasteiger partial charge in [0.1, 0.15) is 0 Å². The first-order valence-electron chi connectivity index (χ1n) is 6.67. The van der Waals surface area contributed by atoms with Crippen LogP contribution in [0.1, 0.15) is 30.9 Å². The number of nitrogens with two attached hydrogens (primary N) is 1. The molecule has 2 atom stereocenters. The van der Waals surface area contributed by atoms with Gasteiger partial charge in [-0.2, -0.15) is 0 Å². The van der Waals surface area contributed by atoms with Crippen LogP contribution in [0, 0.1) is 6.92 Å². The maximum Gasteiger partial charge on any atom is 0.227 e. The number of carbonyl (C=O) groups is 1. The lowest BCUT2D eigenvalue weighted by atomic mass is 9.98. The van der Waals surface area contributed by atoms with E-state index >= 15 is 0 Å². The molecule has 0 aliphatic carbocycles. The van der Waals surface area contributed by atoms with Crippen molar-refractivity contribution in [1.82, 2.24) is 4.90 Å². The van der Waals surface area contributed by atoms with Gasteiger partial charge in [-0.05, 0) is 32.3 Å². The predicted octanol–water partition coefficient (Wildman–Crippen LogP) is 1.88. The number of piperidine rings is 1. The van der Waals surface area contributed by atoms with E-state index in [9.17, 15) is 4.79 Å². The highest BCUT2D eigenvalue weighted by Gasteiger charge is 2.26. The fraction of sp³-hybridized carbons (Fsp3) is 0.533. The Kier molecular flexibility index (Phi) is 4.02. The molecule has 3 heteroatoms. The Morgan fingerprint density at radius 3 is 2.67 bits per heavy atom. The standard InChI is InChI=1S/C15H22N2O/c1-11-3-5-13(6-4-11)10-15(18)17-8-7-14(16)9-12(17)2/h3-6,12,14H,7-10,16H2,1-2H3. The minimum absolute atomic E-state index is 0.221. The molecule has 2 unspecified atom stereocenters. The molecule has 1 amide bonds. The molecule has 0 saturated carbocycles. The Bertz CT molecular complexity index is 413. The number of nitrogens with zero attached hydrogens (tertiary/aromatic N) is 1. The minimum Gasteiger partial charge on any atom is -0.340 e. The molecule has 0 bridgehead atoms. The van der Waals surface area contributed by atoms with Crippen molar-refractivity contribution in [2.45, 2.75) is 45.2 Å². The Balaban J connectivity index is 1.97. The number of benzene rings is 1. The molecular formula is C15H22N2O. The summed E-state index contributed by atoms with van der Waals surface area (Å²) in [6.07, 6.45) is 2.34. The second-order valence-corrected chi connectivity index (χ2v) is 5.38. The van der Waals surface area contributed by atoms with Crippen LogP contribution in [0.15, 0.2) is 24.3 Å². The van der Waals surface area contributed by atoms with Crippen molar-refractivity contribution in [2.24, 2.45) is 5.73 Å². The van der Waals surface area contributed by atoms with Crippen molar-refractivity contribution in [1.29, 1.82) is 0 Å². The van der Waals surface area contributed by atoms with E-state index in [0.717, 1.165) is 24.9 Å². The predicted molar refractivity (Wildman–Crippen MR) is 73.3 cm³/mol. The summed E-state index contributed by atoms with van der Waals surface area (Å²) in [5.74, 6) is 0.221. The summed E-state index contributed by atoms with van der Waals surface area (Å²) in [6.45, 7) is 4.94. The lowest BCUT2D eigenvalue weighted by Crippen LogP contribution is -2.48. The molecule has 0 radical (unpaired) electrons. The fourth-order valence-corrected chi connectivity index (χ4v) is 2.56. The maximum absolute atomic E-state index is 12.3. The number of rotatable bonds is 2. The van der Waals surface area contributed by atoms with Gasteiger partial charge in [-0.3, -0.25) is 4.79 Å².